The van der Waals surface area contributed by atoms with Crippen LogP contribution in [0.4, 0.5) is 0 Å². The average Bonchev–Trinajstić information content (AvgIpc) is 3.20. The molecule has 1 aliphatic rings. The van der Waals surface area contributed by atoms with Crippen molar-refractivity contribution in [1.82, 2.24) is 9.88 Å². The van der Waals surface area contributed by atoms with E-state index in [-0.39, 0.29) is 11.5 Å². The molecule has 1 aromatic heterocycles. The van der Waals surface area contributed by atoms with Crippen LogP contribution in [0.5, 0.6) is 0 Å². The number of aryl methyl sites for hydroxylation is 1. The highest BCUT2D eigenvalue weighted by Crippen LogP contribution is 2.27. The van der Waals surface area contributed by atoms with Crippen molar-refractivity contribution >= 4 is 12.0 Å². The number of benzene rings is 1. The summed E-state index contributed by atoms with van der Waals surface area (Å²) >= 11 is 0. The molecule has 5 nitrogen and oxygen atoms in total. The van der Waals surface area contributed by atoms with Gasteiger partial charge in [0.05, 0.1) is 12.7 Å². The van der Waals surface area contributed by atoms with Gasteiger partial charge in [0.1, 0.15) is 0 Å². The number of nitrogens with zero attached hydrogens (tertiary/aromatic N) is 1. The lowest BCUT2D eigenvalue weighted by atomic mass is 9.94. The van der Waals surface area contributed by atoms with Crippen molar-refractivity contribution in [3.63, 3.8) is 0 Å². The fraction of sp³-hybridized carbons (Fsp3) is 0.481. The molecular weight excluding hydrogens is 400 g/mol. The molecule has 0 bridgehead atoms. The molecule has 0 amide bonds. The number of esters is 1. The van der Waals surface area contributed by atoms with E-state index in [1.165, 1.54) is 26.4 Å². The number of ether oxygens (including phenoxy) is 1. The first-order valence-electron chi connectivity index (χ1n) is 11.6. The Hall–Kier alpha value is -2.66. The molecule has 1 saturated heterocycles. The zero-order valence-corrected chi connectivity index (χ0v) is 19.9. The highest BCUT2D eigenvalue weighted by molar-refractivity contribution is 5.89. The third-order valence-corrected chi connectivity index (χ3v) is 6.55. The van der Waals surface area contributed by atoms with Crippen molar-refractivity contribution in [1.29, 1.82) is 0 Å². The number of aromatic nitrogens is 1. The molecule has 2 aromatic rings. The lowest BCUT2D eigenvalue weighted by Gasteiger charge is -2.27. The fourth-order valence-corrected chi connectivity index (χ4v) is 4.82. The lowest BCUT2D eigenvalue weighted by Crippen LogP contribution is -2.32. The van der Waals surface area contributed by atoms with Crippen LogP contribution in [0.1, 0.15) is 71.4 Å². The first-order valence-corrected chi connectivity index (χ1v) is 11.6. The molecule has 0 spiro atoms. The maximum atomic E-state index is 12.8. The predicted molar refractivity (Wildman–Crippen MR) is 130 cm³/mol. The summed E-state index contributed by atoms with van der Waals surface area (Å²) in [6, 6.07) is 8.05. The second-order valence-corrected chi connectivity index (χ2v) is 9.24. The highest BCUT2D eigenvalue weighted by atomic mass is 16.5. The van der Waals surface area contributed by atoms with E-state index in [1.54, 1.807) is 12.1 Å². The molecule has 1 N–H and O–H groups in total. The van der Waals surface area contributed by atoms with Gasteiger partial charge in [-0.15, -0.1) is 0 Å². The van der Waals surface area contributed by atoms with Crippen LogP contribution in [0, 0.1) is 12.8 Å². The van der Waals surface area contributed by atoms with Gasteiger partial charge in [0.2, 0.25) is 0 Å². The normalized spacial score (nSPS) is 16.5. The van der Waals surface area contributed by atoms with Crippen molar-refractivity contribution in [3.05, 3.63) is 74.7 Å². The molecule has 1 aliphatic heterocycles. The molecule has 5 heteroatoms. The Morgan fingerprint density at radius 1 is 1.28 bits per heavy atom. The highest BCUT2D eigenvalue weighted by Gasteiger charge is 2.26. The van der Waals surface area contributed by atoms with Crippen LogP contribution in [0.2, 0.25) is 0 Å². The van der Waals surface area contributed by atoms with Crippen LogP contribution in [0.15, 0.2) is 35.6 Å². The van der Waals surface area contributed by atoms with Crippen molar-refractivity contribution < 1.29 is 9.53 Å². The maximum Gasteiger partial charge on any atom is 0.337 e. The molecule has 0 aliphatic carbocycles. The van der Waals surface area contributed by atoms with E-state index < -0.39 is 0 Å². The Balaban J connectivity index is 1.82. The van der Waals surface area contributed by atoms with E-state index >= 15 is 0 Å². The van der Waals surface area contributed by atoms with Crippen LogP contribution < -0.4 is 5.56 Å². The minimum absolute atomic E-state index is 0.0127. The second kappa shape index (κ2) is 10.8. The van der Waals surface area contributed by atoms with E-state index in [0.717, 1.165) is 53.9 Å². The van der Waals surface area contributed by atoms with Crippen molar-refractivity contribution in [2.75, 3.05) is 13.7 Å². The van der Waals surface area contributed by atoms with Crippen molar-refractivity contribution in [2.45, 2.75) is 65.5 Å². The topological polar surface area (TPSA) is 62.4 Å². The van der Waals surface area contributed by atoms with Gasteiger partial charge in [-0.3, -0.25) is 9.69 Å². The molecule has 1 fully saturated rings. The van der Waals surface area contributed by atoms with E-state index in [1.807, 2.05) is 25.1 Å². The number of methoxy groups -OCH3 is 1. The van der Waals surface area contributed by atoms with Gasteiger partial charge in [-0.25, -0.2) is 4.79 Å². The fourth-order valence-electron chi connectivity index (χ4n) is 4.82. The minimum Gasteiger partial charge on any atom is -0.465 e. The summed E-state index contributed by atoms with van der Waals surface area (Å²) in [7, 11) is 1.38. The van der Waals surface area contributed by atoms with Crippen molar-refractivity contribution in [2.24, 2.45) is 5.92 Å². The molecule has 0 unspecified atom stereocenters. The monoisotopic (exact) mass is 436 g/mol. The maximum absolute atomic E-state index is 12.8. The summed E-state index contributed by atoms with van der Waals surface area (Å²) < 4.78 is 4.77. The van der Waals surface area contributed by atoms with Gasteiger partial charge >= 0.3 is 5.97 Å². The second-order valence-electron chi connectivity index (χ2n) is 9.24. The number of nitrogens with one attached hydrogen (secondary N) is 1. The van der Waals surface area contributed by atoms with Gasteiger partial charge in [-0.1, -0.05) is 38.6 Å². The Kier molecular flexibility index (Phi) is 8.08. The smallest absolute Gasteiger partial charge is 0.337 e. The Bertz CT molecular complexity index is 1000. The number of rotatable bonds is 9. The largest absolute Gasteiger partial charge is 0.465 e. The third kappa shape index (κ3) is 5.57. The molecule has 1 aromatic carbocycles. The number of hydrogen-bond donors (Lipinski definition) is 1. The number of pyridine rings is 1. The summed E-state index contributed by atoms with van der Waals surface area (Å²) in [5, 5.41) is 0. The number of carbonyl (C=O) groups is 1. The van der Waals surface area contributed by atoms with E-state index in [0.29, 0.717) is 17.5 Å². The summed E-state index contributed by atoms with van der Waals surface area (Å²) in [5.74, 6) is 0.330. The number of H-pyrrole nitrogens is 1. The van der Waals surface area contributed by atoms with Gasteiger partial charge < -0.3 is 9.72 Å². The van der Waals surface area contributed by atoms with Gasteiger partial charge in [0.15, 0.2) is 0 Å². The Morgan fingerprint density at radius 3 is 2.62 bits per heavy atom. The summed E-state index contributed by atoms with van der Waals surface area (Å²) in [4.78, 5) is 30.1. The van der Waals surface area contributed by atoms with Gasteiger partial charge in [-0.2, -0.15) is 0 Å². The van der Waals surface area contributed by atoms with Crippen LogP contribution >= 0.6 is 0 Å². The molecule has 172 valence electrons. The van der Waals surface area contributed by atoms with Crippen LogP contribution in [0.25, 0.3) is 6.08 Å². The average molecular weight is 437 g/mol. The third-order valence-electron chi connectivity index (χ3n) is 6.55. The Morgan fingerprint density at radius 2 is 2.00 bits per heavy atom. The lowest BCUT2D eigenvalue weighted by molar-refractivity contribution is 0.0600. The summed E-state index contributed by atoms with van der Waals surface area (Å²) in [6.07, 6.45) is 7.05. The molecule has 0 saturated carbocycles. The predicted octanol–water partition coefficient (Wildman–Crippen LogP) is 4.91. The van der Waals surface area contributed by atoms with E-state index in [4.69, 9.17) is 4.74 Å². The van der Waals surface area contributed by atoms with Crippen LogP contribution in [-0.2, 0) is 24.1 Å². The Labute approximate surface area is 191 Å². The van der Waals surface area contributed by atoms with Crippen molar-refractivity contribution in [3.8, 4) is 0 Å². The van der Waals surface area contributed by atoms with Gasteiger partial charge in [0, 0.05) is 23.8 Å². The van der Waals surface area contributed by atoms with E-state index in [9.17, 15) is 9.59 Å². The van der Waals surface area contributed by atoms with Crippen LogP contribution in [0.3, 0.4) is 0 Å². The standard InChI is InChI=1S/C27H36N2O3/c1-6-23-24(14-11-20-9-12-21(13-10-20)27(31)32-5)19(4)26(30)28-25(23)17-29-15-7-8-22(29)16-18(2)3/h6,9-10,12-13,18,22H,1,7-8,11,14-17H2,2-5H3,(H,28,30)/t22-/m1/s1. The van der Waals surface area contributed by atoms with Gasteiger partial charge in [0.25, 0.3) is 5.56 Å². The zero-order chi connectivity index (χ0) is 23.3. The first-order chi connectivity index (χ1) is 15.3. The SMILES string of the molecule is C=Cc1c(CN2CCC[C@@H]2CC(C)C)[nH]c(=O)c(C)c1CCc1ccc(C(=O)OC)cc1. The number of carbonyl (C=O) groups excluding carboxylic acids is 1. The first kappa shape index (κ1) is 24.0. The number of aromatic amines is 1. The molecule has 3 rings (SSSR count). The van der Waals surface area contributed by atoms with Gasteiger partial charge in [-0.05, 0) is 80.3 Å². The van der Waals surface area contributed by atoms with Crippen LogP contribution in [-0.4, -0.2) is 35.5 Å². The molecule has 32 heavy (non-hydrogen) atoms. The number of likely N-dealkylation sites (tertiary alicyclic amines) is 1. The molecule has 2 heterocycles. The summed E-state index contributed by atoms with van der Waals surface area (Å²) in [6.45, 7) is 12.3. The quantitative estimate of drug-likeness (QED) is 0.568. The molecular formula is C27H36N2O3. The van der Waals surface area contributed by atoms with E-state index in [2.05, 4.69) is 30.3 Å². The minimum atomic E-state index is -0.335. The molecule has 1 atom stereocenters. The number of hydrogen-bond acceptors (Lipinski definition) is 4. The zero-order valence-electron chi connectivity index (χ0n) is 19.9. The summed E-state index contributed by atoms with van der Waals surface area (Å²) in [5.41, 5.74) is 5.50. The molecule has 0 radical (unpaired) electrons.